The molecule has 0 saturated carbocycles. The summed E-state index contributed by atoms with van der Waals surface area (Å²) in [7, 11) is 0. The lowest BCUT2D eigenvalue weighted by Gasteiger charge is -2.16. The molecule has 0 saturated heterocycles. The highest BCUT2D eigenvalue weighted by molar-refractivity contribution is 5.93. The van der Waals surface area contributed by atoms with Gasteiger partial charge in [-0.15, -0.1) is 0 Å². The second-order valence-electron chi connectivity index (χ2n) is 6.48. The van der Waals surface area contributed by atoms with Crippen LogP contribution in [0.15, 0.2) is 54.6 Å². The third kappa shape index (κ3) is 7.50. The van der Waals surface area contributed by atoms with Gasteiger partial charge >= 0.3 is 0 Å². The van der Waals surface area contributed by atoms with Crippen LogP contribution in [0.5, 0.6) is 0 Å². The summed E-state index contributed by atoms with van der Waals surface area (Å²) in [5.41, 5.74) is 2.50. The van der Waals surface area contributed by atoms with Gasteiger partial charge in [0.2, 0.25) is 5.91 Å². The van der Waals surface area contributed by atoms with E-state index in [0.29, 0.717) is 12.2 Å². The van der Waals surface area contributed by atoms with Gasteiger partial charge in [0, 0.05) is 17.1 Å². The van der Waals surface area contributed by atoms with E-state index in [0.717, 1.165) is 30.6 Å². The van der Waals surface area contributed by atoms with Gasteiger partial charge in [-0.3, -0.25) is 4.79 Å². The molecular formula is C21H27N3O3. The van der Waals surface area contributed by atoms with E-state index in [2.05, 4.69) is 17.6 Å². The van der Waals surface area contributed by atoms with Gasteiger partial charge in [-0.2, -0.15) is 0 Å². The zero-order chi connectivity index (χ0) is 19.5. The van der Waals surface area contributed by atoms with E-state index >= 15 is 0 Å². The van der Waals surface area contributed by atoms with E-state index in [9.17, 15) is 14.7 Å². The van der Waals surface area contributed by atoms with Crippen molar-refractivity contribution in [2.24, 2.45) is 0 Å². The van der Waals surface area contributed by atoms with Gasteiger partial charge in [-0.1, -0.05) is 31.5 Å². The summed E-state index contributed by atoms with van der Waals surface area (Å²) in [6.45, 7) is 2.77. The molecule has 27 heavy (non-hydrogen) atoms. The summed E-state index contributed by atoms with van der Waals surface area (Å²) >= 11 is 0. The highest BCUT2D eigenvalue weighted by Gasteiger charge is 2.18. The van der Waals surface area contributed by atoms with Crippen LogP contribution in [0, 0.1) is 0 Å². The van der Waals surface area contributed by atoms with Crippen molar-refractivity contribution >= 4 is 28.9 Å². The van der Waals surface area contributed by atoms with E-state index in [4.69, 9.17) is 0 Å². The molecule has 144 valence electrons. The Balaban J connectivity index is 1.84. The molecule has 0 spiro atoms. The Labute approximate surface area is 160 Å². The summed E-state index contributed by atoms with van der Waals surface area (Å²) in [6, 6.07) is 16.2. The number of unbranched alkanes of at least 4 members (excludes halogenated alkanes) is 2. The van der Waals surface area contributed by atoms with Crippen LogP contribution in [-0.2, 0) is 9.59 Å². The Hall–Kier alpha value is -2.86. The first-order valence-corrected chi connectivity index (χ1v) is 9.34. The highest BCUT2D eigenvalue weighted by Crippen LogP contribution is 2.18. The molecular weight excluding hydrogens is 342 g/mol. The monoisotopic (exact) mass is 369 g/mol. The molecule has 0 aliphatic rings. The summed E-state index contributed by atoms with van der Waals surface area (Å²) in [5.74, 6) is -1.54. The third-order valence-electron chi connectivity index (χ3n) is 4.20. The van der Waals surface area contributed by atoms with Gasteiger partial charge in [-0.25, -0.2) is 0 Å². The third-order valence-corrected chi connectivity index (χ3v) is 4.20. The standard InChI is InChI=1S/C21H27N3O3/c1-2-3-7-14-22-19(21(26)27)15-20(25)24-18-12-10-17(11-13-18)23-16-8-5-4-6-9-16/h4-6,8-13,19,22-23H,2-3,7,14-15H2,1H3,(H,24,25)(H,26,27)/t19-/m0/s1. The Morgan fingerprint density at radius 3 is 2.22 bits per heavy atom. The number of nitrogens with two attached hydrogens (primary N) is 1. The maximum Gasteiger partial charge on any atom is 0.230 e. The van der Waals surface area contributed by atoms with Crippen molar-refractivity contribution in [2.75, 3.05) is 17.2 Å². The zero-order valence-electron chi connectivity index (χ0n) is 15.6. The molecule has 0 heterocycles. The van der Waals surface area contributed by atoms with Crippen molar-refractivity contribution in [1.82, 2.24) is 0 Å². The Kier molecular flexibility index (Phi) is 8.32. The minimum atomic E-state index is -1.20. The summed E-state index contributed by atoms with van der Waals surface area (Å²) in [4.78, 5) is 23.4. The SMILES string of the molecule is CCCCC[NH2+][C@@H](CC(=O)Nc1ccc(Nc2ccccc2)cc1)C(=O)[O-]. The van der Waals surface area contributed by atoms with Crippen LogP contribution in [0.2, 0.25) is 0 Å². The van der Waals surface area contributed by atoms with Crippen LogP contribution in [-0.4, -0.2) is 24.5 Å². The molecule has 4 N–H and O–H groups in total. The molecule has 6 nitrogen and oxygen atoms in total. The minimum Gasteiger partial charge on any atom is -0.544 e. The quantitative estimate of drug-likeness (QED) is 0.524. The fourth-order valence-electron chi connectivity index (χ4n) is 2.71. The van der Waals surface area contributed by atoms with Gasteiger partial charge in [0.1, 0.15) is 6.04 Å². The lowest BCUT2D eigenvalue weighted by atomic mass is 10.1. The molecule has 6 heteroatoms. The highest BCUT2D eigenvalue weighted by atomic mass is 16.4. The molecule has 2 aromatic carbocycles. The number of para-hydroxylation sites is 1. The molecule has 1 amide bonds. The number of carboxylic acid groups (broad SMARTS) is 1. The second-order valence-corrected chi connectivity index (χ2v) is 6.48. The predicted octanol–water partition coefficient (Wildman–Crippen LogP) is 1.63. The van der Waals surface area contributed by atoms with Crippen LogP contribution >= 0.6 is 0 Å². The van der Waals surface area contributed by atoms with E-state index in [1.165, 1.54) is 0 Å². The number of nitrogens with one attached hydrogen (secondary N) is 2. The van der Waals surface area contributed by atoms with Gasteiger partial charge in [0.25, 0.3) is 0 Å². The number of carboxylic acids is 1. The number of aliphatic carboxylic acids is 1. The largest absolute Gasteiger partial charge is 0.544 e. The van der Waals surface area contributed by atoms with Crippen molar-refractivity contribution in [3.63, 3.8) is 0 Å². The molecule has 0 radical (unpaired) electrons. The summed E-state index contributed by atoms with van der Waals surface area (Å²) < 4.78 is 0. The molecule has 2 rings (SSSR count). The topological polar surface area (TPSA) is 97.9 Å². The number of rotatable bonds is 11. The van der Waals surface area contributed by atoms with Crippen molar-refractivity contribution in [1.29, 1.82) is 0 Å². The zero-order valence-corrected chi connectivity index (χ0v) is 15.6. The van der Waals surface area contributed by atoms with Crippen molar-refractivity contribution in [2.45, 2.75) is 38.6 Å². The van der Waals surface area contributed by atoms with Crippen molar-refractivity contribution in [3.05, 3.63) is 54.6 Å². The summed E-state index contributed by atoms with van der Waals surface area (Å²) in [5, 5.41) is 18.9. The van der Waals surface area contributed by atoms with E-state index < -0.39 is 12.0 Å². The van der Waals surface area contributed by atoms with Gasteiger partial charge in [0.15, 0.2) is 0 Å². The van der Waals surface area contributed by atoms with Gasteiger partial charge in [0.05, 0.1) is 18.9 Å². The summed E-state index contributed by atoms with van der Waals surface area (Å²) in [6.07, 6.45) is 2.93. The molecule has 0 bridgehead atoms. The van der Waals surface area contributed by atoms with Crippen molar-refractivity contribution < 1.29 is 20.0 Å². The number of amides is 1. The number of quaternary nitrogens is 1. The van der Waals surface area contributed by atoms with Gasteiger partial charge in [-0.05, 0) is 49.2 Å². The lowest BCUT2D eigenvalue weighted by molar-refractivity contribution is -0.682. The van der Waals surface area contributed by atoms with E-state index in [1.54, 1.807) is 17.4 Å². The number of hydrogen-bond acceptors (Lipinski definition) is 4. The fourth-order valence-corrected chi connectivity index (χ4v) is 2.71. The predicted molar refractivity (Wildman–Crippen MR) is 105 cm³/mol. The van der Waals surface area contributed by atoms with Crippen LogP contribution in [0.1, 0.15) is 32.6 Å². The number of carbonyl (C=O) groups is 2. The molecule has 0 fully saturated rings. The number of hydrogen-bond donors (Lipinski definition) is 3. The average molecular weight is 369 g/mol. The van der Waals surface area contributed by atoms with Crippen LogP contribution in [0.3, 0.4) is 0 Å². The molecule has 0 aliphatic carbocycles. The lowest BCUT2D eigenvalue weighted by Crippen LogP contribution is -2.93. The van der Waals surface area contributed by atoms with Crippen molar-refractivity contribution in [3.8, 4) is 0 Å². The average Bonchev–Trinajstić information content (AvgIpc) is 2.66. The fraction of sp³-hybridized carbons (Fsp3) is 0.333. The molecule has 2 aromatic rings. The minimum absolute atomic E-state index is 0.113. The van der Waals surface area contributed by atoms with Crippen LogP contribution in [0.25, 0.3) is 0 Å². The first kappa shape index (κ1) is 20.5. The molecule has 0 aromatic heterocycles. The maximum absolute atomic E-state index is 12.2. The molecule has 0 aliphatic heterocycles. The maximum atomic E-state index is 12.2. The number of benzene rings is 2. The van der Waals surface area contributed by atoms with Crippen LogP contribution < -0.4 is 21.1 Å². The molecule has 1 atom stereocenters. The molecule has 0 unspecified atom stereocenters. The van der Waals surface area contributed by atoms with Crippen LogP contribution in [0.4, 0.5) is 17.1 Å². The van der Waals surface area contributed by atoms with E-state index in [-0.39, 0.29) is 12.3 Å². The number of carbonyl (C=O) groups excluding carboxylic acids is 2. The normalized spacial score (nSPS) is 11.6. The first-order valence-electron chi connectivity index (χ1n) is 9.34. The second kappa shape index (κ2) is 11.0. The Bertz CT molecular complexity index is 717. The van der Waals surface area contributed by atoms with Gasteiger partial charge < -0.3 is 25.9 Å². The first-order chi connectivity index (χ1) is 13.1. The Morgan fingerprint density at radius 1 is 0.963 bits per heavy atom. The smallest absolute Gasteiger partial charge is 0.230 e. The Morgan fingerprint density at radius 2 is 1.59 bits per heavy atom. The number of anilines is 3. The van der Waals surface area contributed by atoms with E-state index in [1.807, 2.05) is 42.5 Å².